The summed E-state index contributed by atoms with van der Waals surface area (Å²) in [7, 11) is -3.57. The molecule has 2 aromatic carbocycles. The Bertz CT molecular complexity index is 1090. The normalized spacial score (nSPS) is 16.9. The highest BCUT2D eigenvalue weighted by Gasteiger charge is 2.26. The number of nitrogens with zero attached hydrogens (tertiary/aromatic N) is 1. The maximum absolute atomic E-state index is 12.7. The number of ketones is 1. The second kappa shape index (κ2) is 9.94. The van der Waals surface area contributed by atoms with E-state index in [9.17, 15) is 18.0 Å². The predicted molar refractivity (Wildman–Crippen MR) is 121 cm³/mol. The number of hydrogen-bond donors (Lipinski definition) is 1. The number of rotatable bonds is 7. The number of sulfonamides is 1. The molecule has 1 heterocycles. The largest absolute Gasteiger partial charge is 0.379 e. The molecule has 0 spiro atoms. The minimum atomic E-state index is -3.57. The summed E-state index contributed by atoms with van der Waals surface area (Å²) < 4.78 is 31.9. The van der Waals surface area contributed by atoms with Crippen LogP contribution in [-0.2, 0) is 32.4 Å². The smallest absolute Gasteiger partial charge is 0.243 e. The van der Waals surface area contributed by atoms with Gasteiger partial charge in [0, 0.05) is 37.2 Å². The SMILES string of the molecule is O=C(CCC(=O)c1ccc2c(c1)CCCC2)Nc1ccc(S(=O)(=O)N2CCOCC2)cc1. The van der Waals surface area contributed by atoms with Gasteiger partial charge in [0.2, 0.25) is 15.9 Å². The van der Waals surface area contributed by atoms with Crippen LogP contribution in [0.5, 0.6) is 0 Å². The molecule has 7 nitrogen and oxygen atoms in total. The molecule has 2 aromatic rings. The lowest BCUT2D eigenvalue weighted by molar-refractivity contribution is -0.116. The van der Waals surface area contributed by atoms with Crippen LogP contribution in [0.2, 0.25) is 0 Å². The molecule has 1 saturated heterocycles. The molecule has 1 amide bonds. The van der Waals surface area contributed by atoms with Crippen LogP contribution in [0.1, 0.15) is 47.2 Å². The van der Waals surface area contributed by atoms with E-state index >= 15 is 0 Å². The second-order valence-corrected chi connectivity index (χ2v) is 10.1. The molecule has 1 N–H and O–H groups in total. The van der Waals surface area contributed by atoms with Crippen LogP contribution in [0.3, 0.4) is 0 Å². The molecule has 0 saturated carbocycles. The third kappa shape index (κ3) is 5.26. The minimum absolute atomic E-state index is 0.0412. The molecule has 2 aliphatic rings. The summed E-state index contributed by atoms with van der Waals surface area (Å²) >= 11 is 0. The Labute approximate surface area is 188 Å². The molecule has 1 aliphatic carbocycles. The van der Waals surface area contributed by atoms with Gasteiger partial charge >= 0.3 is 0 Å². The number of carbonyl (C=O) groups is 2. The standard InChI is InChI=1S/C24H28N2O5S/c27-23(20-6-5-18-3-1-2-4-19(18)17-20)11-12-24(28)25-21-7-9-22(10-8-21)32(29,30)26-13-15-31-16-14-26/h5-10,17H,1-4,11-16H2,(H,25,28). The number of nitrogens with one attached hydrogen (secondary N) is 1. The number of aryl methyl sites for hydroxylation is 2. The van der Waals surface area contributed by atoms with Crippen molar-refractivity contribution >= 4 is 27.4 Å². The van der Waals surface area contributed by atoms with Crippen molar-refractivity contribution in [1.29, 1.82) is 0 Å². The monoisotopic (exact) mass is 456 g/mol. The van der Waals surface area contributed by atoms with Crippen LogP contribution in [0.4, 0.5) is 5.69 Å². The predicted octanol–water partition coefficient (Wildman–Crippen LogP) is 3.19. The van der Waals surface area contributed by atoms with Gasteiger partial charge in [-0.05, 0) is 67.1 Å². The lowest BCUT2D eigenvalue weighted by Gasteiger charge is -2.26. The number of benzene rings is 2. The van der Waals surface area contributed by atoms with Crippen LogP contribution >= 0.6 is 0 Å². The van der Waals surface area contributed by atoms with Crippen molar-refractivity contribution in [3.63, 3.8) is 0 Å². The molecule has 0 unspecified atom stereocenters. The molecule has 4 rings (SSSR count). The van der Waals surface area contributed by atoms with Crippen LogP contribution in [-0.4, -0.2) is 50.7 Å². The van der Waals surface area contributed by atoms with E-state index in [-0.39, 0.29) is 29.4 Å². The Hall–Kier alpha value is -2.55. The highest BCUT2D eigenvalue weighted by Crippen LogP contribution is 2.23. The summed E-state index contributed by atoms with van der Waals surface area (Å²) in [4.78, 5) is 25.0. The van der Waals surface area contributed by atoms with Crippen molar-refractivity contribution in [2.75, 3.05) is 31.6 Å². The summed E-state index contributed by atoms with van der Waals surface area (Å²) in [5.41, 5.74) is 3.73. The van der Waals surface area contributed by atoms with Gasteiger partial charge in [0.25, 0.3) is 0 Å². The van der Waals surface area contributed by atoms with Crippen LogP contribution in [0, 0.1) is 0 Å². The molecule has 1 aliphatic heterocycles. The maximum Gasteiger partial charge on any atom is 0.243 e. The first-order chi connectivity index (χ1) is 15.4. The number of amides is 1. The Morgan fingerprint density at radius 1 is 0.906 bits per heavy atom. The Balaban J connectivity index is 1.31. The number of Topliss-reactive ketones (excluding diaryl/α,β-unsaturated/α-hetero) is 1. The van der Waals surface area contributed by atoms with Gasteiger partial charge in [0.15, 0.2) is 5.78 Å². The fraction of sp³-hybridized carbons (Fsp3) is 0.417. The Kier molecular flexibility index (Phi) is 7.03. The van der Waals surface area contributed by atoms with E-state index < -0.39 is 10.0 Å². The molecule has 1 fully saturated rings. The number of morpholine rings is 1. The van der Waals surface area contributed by atoms with Gasteiger partial charge in [-0.2, -0.15) is 4.31 Å². The Morgan fingerprint density at radius 2 is 1.59 bits per heavy atom. The van der Waals surface area contributed by atoms with Crippen LogP contribution < -0.4 is 5.32 Å². The zero-order valence-corrected chi connectivity index (χ0v) is 18.8. The lowest BCUT2D eigenvalue weighted by atomic mass is 9.89. The lowest BCUT2D eigenvalue weighted by Crippen LogP contribution is -2.40. The maximum atomic E-state index is 12.7. The molecule has 0 radical (unpaired) electrons. The third-order valence-corrected chi connectivity index (χ3v) is 7.91. The van der Waals surface area contributed by atoms with Gasteiger partial charge in [-0.3, -0.25) is 9.59 Å². The molecular formula is C24H28N2O5S. The van der Waals surface area contributed by atoms with E-state index in [2.05, 4.69) is 5.32 Å². The number of anilines is 1. The molecule has 0 atom stereocenters. The van der Waals surface area contributed by atoms with Gasteiger partial charge in [-0.25, -0.2) is 8.42 Å². The van der Waals surface area contributed by atoms with Gasteiger partial charge in [-0.15, -0.1) is 0 Å². The molecular weight excluding hydrogens is 428 g/mol. The van der Waals surface area contributed by atoms with Gasteiger partial charge < -0.3 is 10.1 Å². The van der Waals surface area contributed by atoms with Gasteiger partial charge in [0.05, 0.1) is 18.1 Å². The van der Waals surface area contributed by atoms with E-state index in [0.29, 0.717) is 37.6 Å². The number of fused-ring (bicyclic) bond motifs is 1. The van der Waals surface area contributed by atoms with Crippen molar-refractivity contribution in [2.45, 2.75) is 43.4 Å². The van der Waals surface area contributed by atoms with E-state index in [0.717, 1.165) is 19.3 Å². The van der Waals surface area contributed by atoms with Crippen LogP contribution in [0.15, 0.2) is 47.4 Å². The average Bonchev–Trinajstić information content (AvgIpc) is 2.83. The topological polar surface area (TPSA) is 92.8 Å². The minimum Gasteiger partial charge on any atom is -0.379 e. The van der Waals surface area contributed by atoms with E-state index in [1.807, 2.05) is 18.2 Å². The van der Waals surface area contributed by atoms with Crippen molar-refractivity contribution in [2.24, 2.45) is 0 Å². The van der Waals surface area contributed by atoms with Crippen LogP contribution in [0.25, 0.3) is 0 Å². The van der Waals surface area contributed by atoms with Crippen molar-refractivity contribution in [1.82, 2.24) is 4.31 Å². The number of ether oxygens (including phenoxy) is 1. The molecule has 8 heteroatoms. The summed E-state index contributed by atoms with van der Waals surface area (Å²) in [5, 5.41) is 2.74. The number of hydrogen-bond acceptors (Lipinski definition) is 5. The summed E-state index contributed by atoms with van der Waals surface area (Å²) in [6.07, 6.45) is 4.63. The zero-order valence-electron chi connectivity index (χ0n) is 18.0. The zero-order chi connectivity index (χ0) is 22.6. The van der Waals surface area contributed by atoms with E-state index in [1.54, 1.807) is 12.1 Å². The molecule has 32 heavy (non-hydrogen) atoms. The quantitative estimate of drug-likeness (QED) is 0.646. The fourth-order valence-electron chi connectivity index (χ4n) is 4.15. The second-order valence-electron chi connectivity index (χ2n) is 8.20. The summed E-state index contributed by atoms with van der Waals surface area (Å²) in [6.45, 7) is 1.44. The van der Waals surface area contributed by atoms with E-state index in [1.165, 1.54) is 34.0 Å². The van der Waals surface area contributed by atoms with Crippen molar-refractivity contribution in [3.8, 4) is 0 Å². The first kappa shape index (κ1) is 22.6. The number of carbonyl (C=O) groups excluding carboxylic acids is 2. The molecule has 170 valence electrons. The molecule has 0 bridgehead atoms. The van der Waals surface area contributed by atoms with Gasteiger partial charge in [-0.1, -0.05) is 12.1 Å². The highest BCUT2D eigenvalue weighted by molar-refractivity contribution is 7.89. The first-order valence-electron chi connectivity index (χ1n) is 11.1. The molecule has 0 aromatic heterocycles. The van der Waals surface area contributed by atoms with Crippen molar-refractivity contribution in [3.05, 3.63) is 59.2 Å². The highest BCUT2D eigenvalue weighted by atomic mass is 32.2. The average molecular weight is 457 g/mol. The third-order valence-electron chi connectivity index (χ3n) is 6.00. The van der Waals surface area contributed by atoms with E-state index in [4.69, 9.17) is 4.74 Å². The fourth-order valence-corrected chi connectivity index (χ4v) is 5.56. The van der Waals surface area contributed by atoms with Gasteiger partial charge in [0.1, 0.15) is 0 Å². The summed E-state index contributed by atoms with van der Waals surface area (Å²) in [6, 6.07) is 12.0. The Morgan fingerprint density at radius 3 is 2.31 bits per heavy atom. The summed E-state index contributed by atoms with van der Waals surface area (Å²) in [5.74, 6) is -0.319. The first-order valence-corrected chi connectivity index (χ1v) is 12.5. The van der Waals surface area contributed by atoms with Crippen molar-refractivity contribution < 1.29 is 22.7 Å².